The third kappa shape index (κ3) is 1.76. The largest absolute Gasteiger partial charge is 0.421 e. The minimum Gasteiger partial charge on any atom is -0.299 e. The van der Waals surface area contributed by atoms with Crippen LogP contribution in [0.3, 0.4) is 0 Å². The van der Waals surface area contributed by atoms with Crippen LogP contribution in [0.1, 0.15) is 19.3 Å². The van der Waals surface area contributed by atoms with Gasteiger partial charge in [0.25, 0.3) is 0 Å². The second-order valence-corrected chi connectivity index (χ2v) is 7.39. The number of hydrogen-bond donors (Lipinski definition) is 0. The van der Waals surface area contributed by atoms with Crippen molar-refractivity contribution in [2.45, 2.75) is 30.4 Å². The fourth-order valence-electron chi connectivity index (χ4n) is 2.86. The van der Waals surface area contributed by atoms with Crippen LogP contribution >= 0.6 is 10.7 Å². The molecule has 3 nitrogen and oxygen atoms in total. The highest BCUT2D eigenvalue weighted by Gasteiger charge is 2.71. The van der Waals surface area contributed by atoms with Crippen molar-refractivity contribution in [1.82, 2.24) is 0 Å². The van der Waals surface area contributed by atoms with Gasteiger partial charge in [0.15, 0.2) is 0 Å². The number of ketones is 1. The van der Waals surface area contributed by atoms with Gasteiger partial charge in [-0.3, -0.25) is 4.79 Å². The van der Waals surface area contributed by atoms with E-state index in [1.54, 1.807) is 0 Å². The van der Waals surface area contributed by atoms with Crippen molar-refractivity contribution in [2.75, 3.05) is 0 Å². The van der Waals surface area contributed by atoms with Crippen molar-refractivity contribution in [3.8, 4) is 0 Å². The number of carbonyl (C=O) groups is 1. The lowest BCUT2D eigenvalue weighted by atomic mass is 9.83. The fraction of sp³-hybridized carbons (Fsp3) is 0.889. The number of Topliss-reactive ketones (excluding diaryl/α,β-unsaturated/α-hetero) is 1. The third-order valence-electron chi connectivity index (χ3n) is 3.77. The van der Waals surface area contributed by atoms with Gasteiger partial charge in [0.05, 0.1) is 0 Å². The van der Waals surface area contributed by atoms with Crippen LogP contribution in [0.2, 0.25) is 0 Å². The molecule has 2 rings (SSSR count). The third-order valence-corrected chi connectivity index (χ3v) is 5.24. The van der Waals surface area contributed by atoms with Crippen LogP contribution in [0.15, 0.2) is 0 Å². The Labute approximate surface area is 105 Å². The second kappa shape index (κ2) is 3.82. The molecule has 3 atom stereocenters. The average Bonchev–Trinajstić information content (AvgIpc) is 2.73. The van der Waals surface area contributed by atoms with Crippen molar-refractivity contribution in [3.63, 3.8) is 0 Å². The van der Waals surface area contributed by atoms with Crippen LogP contribution in [0.5, 0.6) is 0 Å². The fourth-order valence-corrected chi connectivity index (χ4v) is 3.65. The van der Waals surface area contributed by atoms with Crippen molar-refractivity contribution in [1.29, 1.82) is 0 Å². The van der Waals surface area contributed by atoms with Gasteiger partial charge in [-0.2, -0.15) is 17.6 Å². The molecule has 2 bridgehead atoms. The summed E-state index contributed by atoms with van der Waals surface area (Å²) >= 11 is 0. The van der Waals surface area contributed by atoms with Crippen molar-refractivity contribution in [2.24, 2.45) is 17.8 Å². The molecule has 0 aromatic carbocycles. The quantitative estimate of drug-likeness (QED) is 0.594. The first-order valence-electron chi connectivity index (χ1n) is 5.21. The van der Waals surface area contributed by atoms with Gasteiger partial charge in [-0.25, -0.2) is 8.42 Å². The van der Waals surface area contributed by atoms with E-state index in [9.17, 15) is 30.8 Å². The SMILES string of the molecule is O=C1CC2CC1CC2C(F)(F)C(F)(F)S(=O)(=O)Cl. The monoisotopic (exact) mass is 308 g/mol. The molecule has 0 aromatic rings. The summed E-state index contributed by atoms with van der Waals surface area (Å²) in [7, 11) is -1.33. The molecule has 0 N–H and O–H groups in total. The standard InChI is InChI=1S/C9H9ClF4O3S/c10-18(16,17)9(13,14)8(11,12)6-2-5-1-4(6)3-7(5)15/h4-6H,1-3H2. The first-order chi connectivity index (χ1) is 7.98. The lowest BCUT2D eigenvalue weighted by Gasteiger charge is -2.33. The highest BCUT2D eigenvalue weighted by molar-refractivity contribution is 8.14. The van der Waals surface area contributed by atoms with Gasteiger partial charge in [-0.15, -0.1) is 0 Å². The van der Waals surface area contributed by atoms with Crippen molar-refractivity contribution in [3.05, 3.63) is 0 Å². The Morgan fingerprint density at radius 1 is 1.17 bits per heavy atom. The molecular formula is C9H9ClF4O3S. The van der Waals surface area contributed by atoms with Crippen LogP contribution < -0.4 is 0 Å². The molecule has 0 heterocycles. The van der Waals surface area contributed by atoms with Gasteiger partial charge in [-0.1, -0.05) is 0 Å². The number of fused-ring (bicyclic) bond motifs is 2. The topological polar surface area (TPSA) is 51.2 Å². The van der Waals surface area contributed by atoms with E-state index < -0.39 is 44.4 Å². The molecular weight excluding hydrogens is 300 g/mol. The summed E-state index contributed by atoms with van der Waals surface area (Å²) in [6.45, 7) is 0. The Bertz CT molecular complexity index is 490. The van der Waals surface area contributed by atoms with Gasteiger partial charge in [-0.05, 0) is 18.8 Å². The predicted octanol–water partition coefficient (Wildman–Crippen LogP) is 2.40. The molecule has 0 spiro atoms. The molecule has 2 saturated carbocycles. The molecule has 2 aliphatic rings. The number of rotatable bonds is 3. The van der Waals surface area contributed by atoms with Crippen LogP contribution in [0.25, 0.3) is 0 Å². The van der Waals surface area contributed by atoms with E-state index in [2.05, 4.69) is 10.7 Å². The molecule has 0 radical (unpaired) electrons. The molecule has 0 saturated heterocycles. The normalized spacial score (nSPS) is 33.2. The maximum absolute atomic E-state index is 13.7. The van der Waals surface area contributed by atoms with Crippen LogP contribution in [0.4, 0.5) is 17.6 Å². The number of carbonyl (C=O) groups excluding carboxylic acids is 1. The number of alkyl halides is 4. The van der Waals surface area contributed by atoms with E-state index in [0.717, 1.165) is 0 Å². The van der Waals surface area contributed by atoms with Gasteiger partial charge in [0, 0.05) is 28.9 Å². The maximum atomic E-state index is 13.7. The van der Waals surface area contributed by atoms with E-state index in [1.807, 2.05) is 0 Å². The van der Waals surface area contributed by atoms with Crippen LogP contribution in [0, 0.1) is 17.8 Å². The zero-order valence-corrected chi connectivity index (χ0v) is 10.4. The maximum Gasteiger partial charge on any atom is 0.421 e. The zero-order chi connectivity index (χ0) is 13.9. The molecule has 104 valence electrons. The minimum absolute atomic E-state index is 0.123. The summed E-state index contributed by atoms with van der Waals surface area (Å²) in [4.78, 5) is 11.2. The summed E-state index contributed by atoms with van der Waals surface area (Å²) in [5.41, 5.74) is 0. The molecule has 0 amide bonds. The first-order valence-corrected chi connectivity index (χ1v) is 7.52. The highest BCUT2D eigenvalue weighted by atomic mass is 35.7. The molecule has 18 heavy (non-hydrogen) atoms. The smallest absolute Gasteiger partial charge is 0.299 e. The Morgan fingerprint density at radius 3 is 2.06 bits per heavy atom. The summed E-state index contributed by atoms with van der Waals surface area (Å²) < 4.78 is 75.0. The van der Waals surface area contributed by atoms with Crippen molar-refractivity contribution < 1.29 is 30.8 Å². The Kier molecular flexibility index (Phi) is 2.98. The lowest BCUT2D eigenvalue weighted by molar-refractivity contribution is -0.198. The van der Waals surface area contributed by atoms with E-state index in [1.165, 1.54) is 0 Å². The van der Waals surface area contributed by atoms with Gasteiger partial charge in [0.2, 0.25) is 0 Å². The van der Waals surface area contributed by atoms with Crippen LogP contribution in [-0.4, -0.2) is 25.4 Å². The second-order valence-electron chi connectivity index (χ2n) is 4.78. The average molecular weight is 309 g/mol. The first kappa shape index (κ1) is 14.0. The molecule has 2 fully saturated rings. The van der Waals surface area contributed by atoms with E-state index in [4.69, 9.17) is 0 Å². The summed E-state index contributed by atoms with van der Waals surface area (Å²) in [5.74, 6) is -8.33. The van der Waals surface area contributed by atoms with E-state index in [0.29, 0.717) is 0 Å². The zero-order valence-electron chi connectivity index (χ0n) is 8.88. The summed E-state index contributed by atoms with van der Waals surface area (Å²) in [6, 6.07) is 0. The van der Waals surface area contributed by atoms with E-state index >= 15 is 0 Å². The van der Waals surface area contributed by atoms with Gasteiger partial charge < -0.3 is 0 Å². The molecule has 9 heteroatoms. The Balaban J connectivity index is 2.31. The predicted molar refractivity (Wildman–Crippen MR) is 54.0 cm³/mol. The van der Waals surface area contributed by atoms with Gasteiger partial charge in [0.1, 0.15) is 5.78 Å². The number of halogens is 5. The summed E-state index contributed by atoms with van der Waals surface area (Å²) in [6.07, 6.45) is -0.473. The van der Waals surface area contributed by atoms with E-state index in [-0.39, 0.29) is 18.6 Å². The lowest BCUT2D eigenvalue weighted by Crippen LogP contribution is -2.51. The summed E-state index contributed by atoms with van der Waals surface area (Å²) in [5, 5.41) is -5.32. The minimum atomic E-state index is -5.72. The molecule has 2 aliphatic carbocycles. The number of hydrogen-bond acceptors (Lipinski definition) is 3. The van der Waals surface area contributed by atoms with Gasteiger partial charge >= 0.3 is 20.2 Å². The molecule has 0 aromatic heterocycles. The van der Waals surface area contributed by atoms with Crippen LogP contribution in [-0.2, 0) is 13.8 Å². The highest BCUT2D eigenvalue weighted by Crippen LogP contribution is 2.57. The molecule has 0 aliphatic heterocycles. The Morgan fingerprint density at radius 2 is 1.72 bits per heavy atom. The molecule has 3 unspecified atom stereocenters. The van der Waals surface area contributed by atoms with Crippen molar-refractivity contribution >= 4 is 25.5 Å². The Hall–Kier alpha value is -0.370.